The highest BCUT2D eigenvalue weighted by Crippen LogP contribution is 2.10. The van der Waals surface area contributed by atoms with Gasteiger partial charge in [0.1, 0.15) is 0 Å². The van der Waals surface area contributed by atoms with Crippen LogP contribution in [0.4, 0.5) is 0 Å². The number of hydrogen-bond acceptors (Lipinski definition) is 5. The van der Waals surface area contributed by atoms with Crippen molar-refractivity contribution in [3.63, 3.8) is 0 Å². The van der Waals surface area contributed by atoms with E-state index in [-0.39, 0.29) is 30.4 Å². The standard InChI is InChI=1S/C14H21N3O5S/c1-10(18)9-16-14(20)12-3-5-13(6-4-12)23(21,22)17-8-7-15-11(2)19/h3-6,10,17-18H,7-9H2,1-2H3,(H,15,19)(H,16,20)/t10-/m1/s1. The normalized spacial score (nSPS) is 12.5. The van der Waals surface area contributed by atoms with Crippen molar-refractivity contribution in [3.05, 3.63) is 29.8 Å². The van der Waals surface area contributed by atoms with E-state index >= 15 is 0 Å². The summed E-state index contributed by atoms with van der Waals surface area (Å²) >= 11 is 0. The lowest BCUT2D eigenvalue weighted by Gasteiger charge is -2.09. The SMILES string of the molecule is CC(=O)NCCNS(=O)(=O)c1ccc(C(=O)NC[C@@H](C)O)cc1. The van der Waals surface area contributed by atoms with Crippen LogP contribution in [0.15, 0.2) is 29.2 Å². The topological polar surface area (TPSA) is 125 Å². The van der Waals surface area contributed by atoms with E-state index in [1.165, 1.54) is 31.2 Å². The van der Waals surface area contributed by atoms with Crippen LogP contribution < -0.4 is 15.4 Å². The van der Waals surface area contributed by atoms with Gasteiger partial charge in [-0.3, -0.25) is 9.59 Å². The summed E-state index contributed by atoms with van der Waals surface area (Å²) in [6.45, 7) is 3.26. The number of carbonyl (C=O) groups excluding carboxylic acids is 2. The molecule has 0 aromatic heterocycles. The average Bonchev–Trinajstić information content (AvgIpc) is 2.49. The molecule has 1 atom stereocenters. The summed E-state index contributed by atoms with van der Waals surface area (Å²) < 4.78 is 26.4. The van der Waals surface area contributed by atoms with Crippen molar-refractivity contribution in [1.29, 1.82) is 0 Å². The Kier molecular flexibility index (Phi) is 7.14. The molecule has 0 saturated heterocycles. The second kappa shape index (κ2) is 8.61. The molecule has 0 heterocycles. The van der Waals surface area contributed by atoms with Gasteiger partial charge >= 0.3 is 0 Å². The molecule has 0 radical (unpaired) electrons. The molecule has 0 aliphatic carbocycles. The first-order valence-electron chi connectivity index (χ1n) is 7.03. The molecule has 0 fully saturated rings. The van der Waals surface area contributed by atoms with Gasteiger partial charge in [0.25, 0.3) is 5.91 Å². The number of nitrogens with one attached hydrogen (secondary N) is 3. The molecule has 0 spiro atoms. The van der Waals surface area contributed by atoms with Crippen molar-refractivity contribution in [1.82, 2.24) is 15.4 Å². The van der Waals surface area contributed by atoms with E-state index in [0.717, 1.165) is 0 Å². The van der Waals surface area contributed by atoms with Gasteiger partial charge in [-0.15, -0.1) is 0 Å². The van der Waals surface area contributed by atoms with Gasteiger partial charge in [-0.05, 0) is 31.2 Å². The summed E-state index contributed by atoms with van der Waals surface area (Å²) in [5, 5.41) is 14.1. The number of carbonyl (C=O) groups is 2. The number of aliphatic hydroxyl groups excluding tert-OH is 1. The third kappa shape index (κ3) is 6.76. The first kappa shape index (κ1) is 19.1. The fourth-order valence-corrected chi connectivity index (χ4v) is 2.67. The van der Waals surface area contributed by atoms with Crippen LogP contribution in [0.25, 0.3) is 0 Å². The van der Waals surface area contributed by atoms with Crippen molar-refractivity contribution in [2.75, 3.05) is 19.6 Å². The third-order valence-corrected chi connectivity index (χ3v) is 4.25. The van der Waals surface area contributed by atoms with Gasteiger partial charge in [0.05, 0.1) is 11.0 Å². The molecule has 1 rings (SSSR count). The van der Waals surface area contributed by atoms with Crippen LogP contribution in [0, 0.1) is 0 Å². The maximum absolute atomic E-state index is 12.0. The molecule has 0 saturated carbocycles. The van der Waals surface area contributed by atoms with E-state index in [2.05, 4.69) is 15.4 Å². The minimum Gasteiger partial charge on any atom is -0.392 e. The molecule has 0 unspecified atom stereocenters. The van der Waals surface area contributed by atoms with Crippen molar-refractivity contribution >= 4 is 21.8 Å². The number of amides is 2. The van der Waals surface area contributed by atoms with Gasteiger partial charge in [-0.25, -0.2) is 13.1 Å². The van der Waals surface area contributed by atoms with Crippen LogP contribution in [-0.4, -0.2) is 51.1 Å². The minimum atomic E-state index is -3.70. The molecule has 23 heavy (non-hydrogen) atoms. The van der Waals surface area contributed by atoms with Crippen LogP contribution >= 0.6 is 0 Å². The first-order valence-corrected chi connectivity index (χ1v) is 8.51. The van der Waals surface area contributed by atoms with E-state index in [4.69, 9.17) is 5.11 Å². The Morgan fingerprint density at radius 2 is 1.74 bits per heavy atom. The quantitative estimate of drug-likeness (QED) is 0.461. The molecule has 1 aromatic carbocycles. The minimum absolute atomic E-state index is 0.0207. The molecule has 8 nitrogen and oxygen atoms in total. The summed E-state index contributed by atoms with van der Waals surface area (Å²) in [6.07, 6.45) is -0.661. The zero-order valence-corrected chi connectivity index (χ0v) is 13.8. The Labute approximate surface area is 135 Å². The number of sulfonamides is 1. The molecular weight excluding hydrogens is 322 g/mol. The number of hydrogen-bond donors (Lipinski definition) is 4. The second-order valence-electron chi connectivity index (χ2n) is 4.96. The van der Waals surface area contributed by atoms with Crippen LogP contribution in [-0.2, 0) is 14.8 Å². The van der Waals surface area contributed by atoms with Crippen LogP contribution in [0.2, 0.25) is 0 Å². The van der Waals surface area contributed by atoms with Crippen molar-refractivity contribution in [2.45, 2.75) is 24.8 Å². The van der Waals surface area contributed by atoms with Crippen molar-refractivity contribution in [2.24, 2.45) is 0 Å². The van der Waals surface area contributed by atoms with Crippen molar-refractivity contribution in [3.8, 4) is 0 Å². The molecule has 9 heteroatoms. The Bertz CT molecular complexity index is 641. The Morgan fingerprint density at radius 1 is 1.13 bits per heavy atom. The number of aliphatic hydroxyl groups is 1. The zero-order valence-electron chi connectivity index (χ0n) is 13.0. The van der Waals surface area contributed by atoms with Crippen LogP contribution in [0.5, 0.6) is 0 Å². The maximum Gasteiger partial charge on any atom is 0.251 e. The predicted molar refractivity (Wildman–Crippen MR) is 84.3 cm³/mol. The lowest BCUT2D eigenvalue weighted by Crippen LogP contribution is -2.33. The van der Waals surface area contributed by atoms with Gasteiger partial charge < -0.3 is 15.7 Å². The number of benzene rings is 1. The summed E-state index contributed by atoms with van der Waals surface area (Å²) in [7, 11) is -3.70. The first-order chi connectivity index (χ1) is 10.7. The largest absolute Gasteiger partial charge is 0.392 e. The van der Waals surface area contributed by atoms with E-state index in [0.29, 0.717) is 5.56 Å². The molecule has 0 bridgehead atoms. The highest BCUT2D eigenvalue weighted by atomic mass is 32.2. The maximum atomic E-state index is 12.0. The Balaban J connectivity index is 2.64. The highest BCUT2D eigenvalue weighted by molar-refractivity contribution is 7.89. The van der Waals surface area contributed by atoms with Crippen LogP contribution in [0.1, 0.15) is 24.2 Å². The van der Waals surface area contributed by atoms with Gasteiger partial charge in [-0.1, -0.05) is 0 Å². The lowest BCUT2D eigenvalue weighted by molar-refractivity contribution is -0.118. The van der Waals surface area contributed by atoms with Gasteiger partial charge in [0, 0.05) is 32.1 Å². The fourth-order valence-electron chi connectivity index (χ4n) is 1.64. The second-order valence-corrected chi connectivity index (χ2v) is 6.73. The van der Waals surface area contributed by atoms with Gasteiger partial charge in [0.15, 0.2) is 0 Å². The molecule has 1 aromatic rings. The van der Waals surface area contributed by atoms with Crippen molar-refractivity contribution < 1.29 is 23.1 Å². The number of rotatable bonds is 8. The summed E-state index contributed by atoms with van der Waals surface area (Å²) in [5.41, 5.74) is 0.294. The fraction of sp³-hybridized carbons (Fsp3) is 0.429. The summed E-state index contributed by atoms with van der Waals surface area (Å²) in [6, 6.07) is 5.41. The third-order valence-electron chi connectivity index (χ3n) is 2.78. The van der Waals surface area contributed by atoms with Gasteiger partial charge in [0.2, 0.25) is 15.9 Å². The highest BCUT2D eigenvalue weighted by Gasteiger charge is 2.14. The molecule has 0 aliphatic heterocycles. The molecular formula is C14H21N3O5S. The monoisotopic (exact) mass is 343 g/mol. The Morgan fingerprint density at radius 3 is 2.26 bits per heavy atom. The molecule has 4 N–H and O–H groups in total. The summed E-state index contributed by atoms with van der Waals surface area (Å²) in [5.74, 6) is -0.634. The van der Waals surface area contributed by atoms with E-state index in [1.807, 2.05) is 0 Å². The molecule has 128 valence electrons. The van der Waals surface area contributed by atoms with E-state index in [1.54, 1.807) is 6.92 Å². The predicted octanol–water partition coefficient (Wildman–Crippen LogP) is -0.788. The zero-order chi connectivity index (χ0) is 17.5. The van der Waals surface area contributed by atoms with E-state index < -0.39 is 22.0 Å². The Hall–Kier alpha value is -1.97. The molecule has 2 amide bonds. The van der Waals surface area contributed by atoms with Gasteiger partial charge in [-0.2, -0.15) is 0 Å². The van der Waals surface area contributed by atoms with Crippen LogP contribution in [0.3, 0.4) is 0 Å². The smallest absolute Gasteiger partial charge is 0.251 e. The van der Waals surface area contributed by atoms with E-state index in [9.17, 15) is 18.0 Å². The molecule has 0 aliphatic rings. The summed E-state index contributed by atoms with van der Waals surface area (Å²) in [4.78, 5) is 22.5. The average molecular weight is 343 g/mol. The lowest BCUT2D eigenvalue weighted by atomic mass is 10.2.